The van der Waals surface area contributed by atoms with Gasteiger partial charge in [0.25, 0.3) is 0 Å². The molecule has 0 N–H and O–H groups in total. The van der Waals surface area contributed by atoms with Crippen LogP contribution in [0.3, 0.4) is 0 Å². The van der Waals surface area contributed by atoms with Crippen LogP contribution in [-0.4, -0.2) is 43.4 Å². The molecule has 0 saturated carbocycles. The van der Waals surface area contributed by atoms with Crippen molar-refractivity contribution in [3.63, 3.8) is 0 Å². The number of sulfone groups is 1. The highest BCUT2D eigenvalue weighted by Gasteiger charge is 2.52. The van der Waals surface area contributed by atoms with Crippen LogP contribution in [0.1, 0.15) is 31.9 Å². The Labute approximate surface area is 182 Å². The fraction of sp³-hybridized carbons (Fsp3) is 0.391. The van der Waals surface area contributed by atoms with Gasteiger partial charge in [0, 0.05) is 5.41 Å². The molecule has 0 aliphatic carbocycles. The van der Waals surface area contributed by atoms with Crippen LogP contribution in [0, 0.1) is 5.41 Å². The Balaban J connectivity index is 1.80. The molecule has 2 atom stereocenters. The number of carbonyl (C=O) groups excluding carboxylic acids is 2. The first-order valence-corrected chi connectivity index (χ1v) is 11.8. The molecule has 1 aliphatic heterocycles. The average Bonchev–Trinajstić information content (AvgIpc) is 3.03. The molecule has 0 unspecified atom stereocenters. The fourth-order valence-electron chi connectivity index (χ4n) is 3.41. The molecular formula is C23H27NO6S. The van der Waals surface area contributed by atoms with E-state index in [1.807, 2.05) is 51.1 Å². The van der Waals surface area contributed by atoms with E-state index in [1.54, 1.807) is 30.3 Å². The van der Waals surface area contributed by atoms with Gasteiger partial charge < -0.3 is 9.47 Å². The molecule has 2 aromatic rings. The molecule has 1 fully saturated rings. The molecule has 1 heterocycles. The molecule has 1 saturated heterocycles. The lowest BCUT2D eigenvalue weighted by molar-refractivity contribution is -0.147. The SMILES string of the molecule is CC(C)(C)[C@@H]1OC(=O)[C@H](CS(=O)(=O)Cc2ccccc2)N1C(=O)OCc1ccccc1. The second-order valence-electron chi connectivity index (χ2n) is 8.66. The van der Waals surface area contributed by atoms with E-state index in [1.165, 1.54) is 0 Å². The van der Waals surface area contributed by atoms with Gasteiger partial charge in [-0.3, -0.25) is 4.90 Å². The molecule has 3 rings (SSSR count). The van der Waals surface area contributed by atoms with Gasteiger partial charge in [-0.05, 0) is 11.1 Å². The average molecular weight is 446 g/mol. The summed E-state index contributed by atoms with van der Waals surface area (Å²) in [6.45, 7) is 5.43. The van der Waals surface area contributed by atoms with Crippen LogP contribution in [0.4, 0.5) is 4.79 Å². The number of nitrogens with zero attached hydrogens (tertiary/aromatic N) is 1. The predicted molar refractivity (Wildman–Crippen MR) is 116 cm³/mol. The highest BCUT2D eigenvalue weighted by atomic mass is 32.2. The summed E-state index contributed by atoms with van der Waals surface area (Å²) in [6, 6.07) is 16.5. The van der Waals surface area contributed by atoms with Crippen LogP contribution in [0.25, 0.3) is 0 Å². The van der Waals surface area contributed by atoms with Crippen molar-refractivity contribution in [1.29, 1.82) is 0 Å². The van der Waals surface area contributed by atoms with Crippen molar-refractivity contribution in [2.45, 2.75) is 45.4 Å². The normalized spacial score (nSPS) is 19.2. The minimum atomic E-state index is -3.70. The van der Waals surface area contributed by atoms with Crippen molar-refractivity contribution in [2.75, 3.05) is 5.75 Å². The maximum atomic E-state index is 13.0. The first-order chi connectivity index (χ1) is 14.6. The van der Waals surface area contributed by atoms with Crippen LogP contribution in [0.15, 0.2) is 60.7 Å². The zero-order valence-corrected chi connectivity index (χ0v) is 18.7. The third-order valence-electron chi connectivity index (χ3n) is 4.89. The fourth-order valence-corrected chi connectivity index (χ4v) is 5.01. The molecule has 1 amide bonds. The second kappa shape index (κ2) is 9.09. The molecule has 0 spiro atoms. The summed E-state index contributed by atoms with van der Waals surface area (Å²) in [5.41, 5.74) is 0.765. The Morgan fingerprint density at radius 2 is 1.55 bits per heavy atom. The lowest BCUT2D eigenvalue weighted by atomic mass is 9.93. The molecule has 0 aromatic heterocycles. The van der Waals surface area contributed by atoms with Crippen LogP contribution >= 0.6 is 0 Å². The number of hydrogen-bond acceptors (Lipinski definition) is 6. The van der Waals surface area contributed by atoms with Crippen molar-refractivity contribution in [3.8, 4) is 0 Å². The van der Waals surface area contributed by atoms with Gasteiger partial charge in [-0.15, -0.1) is 0 Å². The minimum Gasteiger partial charge on any atom is -0.444 e. The maximum Gasteiger partial charge on any atom is 0.413 e. The molecular weight excluding hydrogens is 418 g/mol. The van der Waals surface area contributed by atoms with Crippen molar-refractivity contribution in [3.05, 3.63) is 71.8 Å². The lowest BCUT2D eigenvalue weighted by Crippen LogP contribution is -2.50. The molecule has 8 heteroatoms. The number of amides is 1. The van der Waals surface area contributed by atoms with Gasteiger partial charge in [-0.1, -0.05) is 81.4 Å². The summed E-state index contributed by atoms with van der Waals surface area (Å²) in [4.78, 5) is 26.7. The lowest BCUT2D eigenvalue weighted by Gasteiger charge is -2.33. The number of hydrogen-bond donors (Lipinski definition) is 0. The van der Waals surface area contributed by atoms with Crippen LogP contribution in [0.5, 0.6) is 0 Å². The smallest absolute Gasteiger partial charge is 0.413 e. The highest BCUT2D eigenvalue weighted by molar-refractivity contribution is 7.90. The van der Waals surface area contributed by atoms with Crippen LogP contribution in [-0.2, 0) is 36.5 Å². The molecule has 7 nitrogen and oxygen atoms in total. The van der Waals surface area contributed by atoms with Gasteiger partial charge >= 0.3 is 12.1 Å². The van der Waals surface area contributed by atoms with E-state index in [0.29, 0.717) is 5.56 Å². The molecule has 1 aliphatic rings. The Morgan fingerprint density at radius 3 is 2.10 bits per heavy atom. The van der Waals surface area contributed by atoms with Gasteiger partial charge in [0.1, 0.15) is 6.61 Å². The van der Waals surface area contributed by atoms with E-state index in [0.717, 1.165) is 10.5 Å². The van der Waals surface area contributed by atoms with Crippen molar-refractivity contribution >= 4 is 21.9 Å². The Kier molecular flexibility index (Phi) is 6.69. The van der Waals surface area contributed by atoms with Crippen LogP contribution < -0.4 is 0 Å². The standard InChI is InChI=1S/C23H27NO6S/c1-23(2,3)21-24(22(26)29-14-17-10-6-4-7-11-17)19(20(25)30-21)16-31(27,28)15-18-12-8-5-9-13-18/h4-13,19,21H,14-16H2,1-3H3/t19-,21-/m0/s1. The first kappa shape index (κ1) is 22.8. The Hall–Kier alpha value is -2.87. The van der Waals surface area contributed by atoms with Crippen LogP contribution in [0.2, 0.25) is 0 Å². The highest BCUT2D eigenvalue weighted by Crippen LogP contribution is 2.34. The minimum absolute atomic E-state index is 0.00467. The zero-order chi connectivity index (χ0) is 22.6. The third-order valence-corrected chi connectivity index (χ3v) is 6.48. The first-order valence-electron chi connectivity index (χ1n) is 10.0. The monoisotopic (exact) mass is 445 g/mol. The van der Waals surface area contributed by atoms with E-state index in [4.69, 9.17) is 9.47 Å². The number of ether oxygens (including phenoxy) is 2. The molecule has 31 heavy (non-hydrogen) atoms. The maximum absolute atomic E-state index is 13.0. The molecule has 0 bridgehead atoms. The van der Waals surface area contributed by atoms with Gasteiger partial charge in [0.2, 0.25) is 0 Å². The largest absolute Gasteiger partial charge is 0.444 e. The summed E-state index contributed by atoms with van der Waals surface area (Å²) in [6.07, 6.45) is -1.71. The molecule has 2 aromatic carbocycles. The summed E-state index contributed by atoms with van der Waals surface area (Å²) in [7, 11) is -3.70. The topological polar surface area (TPSA) is 90.0 Å². The number of benzene rings is 2. The van der Waals surface area contributed by atoms with Gasteiger partial charge in [-0.2, -0.15) is 0 Å². The van der Waals surface area contributed by atoms with E-state index in [-0.39, 0.29) is 12.4 Å². The van der Waals surface area contributed by atoms with E-state index in [9.17, 15) is 18.0 Å². The van der Waals surface area contributed by atoms with Gasteiger partial charge in [0.05, 0.1) is 11.5 Å². The number of esters is 1. The quantitative estimate of drug-likeness (QED) is 0.632. The zero-order valence-electron chi connectivity index (χ0n) is 17.9. The number of rotatable bonds is 6. The predicted octanol–water partition coefficient (Wildman–Crippen LogP) is 3.54. The molecule has 0 radical (unpaired) electrons. The van der Waals surface area contributed by atoms with Gasteiger partial charge in [0.15, 0.2) is 22.1 Å². The Bertz CT molecular complexity index is 1020. The second-order valence-corrected chi connectivity index (χ2v) is 10.8. The van der Waals surface area contributed by atoms with Crippen molar-refractivity contribution in [1.82, 2.24) is 4.90 Å². The number of carbonyl (C=O) groups is 2. The van der Waals surface area contributed by atoms with E-state index < -0.39 is 45.3 Å². The summed E-state index contributed by atoms with van der Waals surface area (Å²) < 4.78 is 36.5. The Morgan fingerprint density at radius 1 is 1.00 bits per heavy atom. The summed E-state index contributed by atoms with van der Waals surface area (Å²) in [5.74, 6) is -1.51. The van der Waals surface area contributed by atoms with E-state index >= 15 is 0 Å². The van der Waals surface area contributed by atoms with Crippen molar-refractivity contribution < 1.29 is 27.5 Å². The summed E-state index contributed by atoms with van der Waals surface area (Å²) in [5, 5.41) is 0. The van der Waals surface area contributed by atoms with Gasteiger partial charge in [-0.25, -0.2) is 18.0 Å². The number of cyclic esters (lactones) is 1. The van der Waals surface area contributed by atoms with E-state index in [2.05, 4.69) is 0 Å². The van der Waals surface area contributed by atoms with Crippen molar-refractivity contribution in [2.24, 2.45) is 5.41 Å². The third kappa shape index (κ3) is 5.85. The summed E-state index contributed by atoms with van der Waals surface area (Å²) >= 11 is 0. The molecule has 166 valence electrons.